The Hall–Kier alpha value is -1.39. The number of benzene rings is 1. The maximum Gasteiger partial charge on any atom is 0.233 e. The number of amides is 1. The minimum Gasteiger partial charge on any atom is -0.374 e. The van der Waals surface area contributed by atoms with Gasteiger partial charge in [0.1, 0.15) is 0 Å². The molecule has 4 heteroatoms. The average molecular weight is 288 g/mol. The van der Waals surface area contributed by atoms with Crippen molar-refractivity contribution < 1.29 is 9.53 Å². The number of hydrogen-bond acceptors (Lipinski definition) is 3. The maximum absolute atomic E-state index is 13.1. The summed E-state index contributed by atoms with van der Waals surface area (Å²) < 4.78 is 5.83. The monoisotopic (exact) mass is 288 g/mol. The first-order chi connectivity index (χ1) is 9.99. The number of nitrogens with two attached hydrogens (primary N) is 1. The van der Waals surface area contributed by atoms with Gasteiger partial charge < -0.3 is 15.4 Å². The molecular weight excluding hydrogens is 264 g/mol. The van der Waals surface area contributed by atoms with Gasteiger partial charge in [0.05, 0.1) is 18.1 Å². The quantitative estimate of drug-likeness (QED) is 0.859. The summed E-state index contributed by atoms with van der Waals surface area (Å²) in [5.41, 5.74) is 8.33. The lowest BCUT2D eigenvalue weighted by molar-refractivity contribution is -0.124. The molecule has 0 aliphatic carbocycles. The van der Waals surface area contributed by atoms with Gasteiger partial charge in [0.25, 0.3) is 0 Å². The zero-order valence-corrected chi connectivity index (χ0v) is 13.0. The molecule has 0 radical (unpaired) electrons. The second-order valence-corrected chi connectivity index (χ2v) is 6.47. The van der Waals surface area contributed by atoms with Gasteiger partial charge in [-0.3, -0.25) is 4.79 Å². The normalized spacial score (nSPS) is 35.6. The van der Waals surface area contributed by atoms with Gasteiger partial charge in [0.15, 0.2) is 0 Å². The number of nitrogens with zero attached hydrogens (tertiary/aromatic N) is 1. The van der Waals surface area contributed by atoms with Crippen molar-refractivity contribution in [1.29, 1.82) is 0 Å². The average Bonchev–Trinajstić information content (AvgIpc) is 2.70. The number of ether oxygens (including phenoxy) is 1. The topological polar surface area (TPSA) is 55.6 Å². The van der Waals surface area contributed by atoms with E-state index in [1.165, 1.54) is 0 Å². The Labute approximate surface area is 126 Å². The molecule has 4 nitrogen and oxygen atoms in total. The van der Waals surface area contributed by atoms with Crippen LogP contribution < -0.4 is 10.6 Å². The largest absolute Gasteiger partial charge is 0.374 e. The van der Waals surface area contributed by atoms with Crippen molar-refractivity contribution in [2.45, 2.75) is 45.4 Å². The van der Waals surface area contributed by atoms with Crippen molar-refractivity contribution in [3.8, 4) is 0 Å². The summed E-state index contributed by atoms with van der Waals surface area (Å²) in [4.78, 5) is 14.9. The molecule has 0 bridgehead atoms. The van der Waals surface area contributed by atoms with Gasteiger partial charge >= 0.3 is 0 Å². The first-order valence-electron chi connectivity index (χ1n) is 7.79. The standard InChI is InChI=1S/C17H24N2O2/c1-10-11(2)21-12(3)16(10)17(20)19-9-14(18)8-13-6-4-5-7-15(13)19/h4-7,10-12,14,16H,8-9,18H2,1-3H3. The Balaban J connectivity index is 1.92. The fourth-order valence-corrected chi connectivity index (χ4v) is 3.71. The molecule has 2 aliphatic rings. The molecule has 0 saturated carbocycles. The number of anilines is 1. The third-order valence-corrected chi connectivity index (χ3v) is 4.97. The van der Waals surface area contributed by atoms with E-state index in [0.29, 0.717) is 6.54 Å². The van der Waals surface area contributed by atoms with Gasteiger partial charge in [-0.05, 0) is 37.8 Å². The van der Waals surface area contributed by atoms with Crippen LogP contribution in [0.25, 0.3) is 0 Å². The van der Waals surface area contributed by atoms with E-state index in [0.717, 1.165) is 17.7 Å². The van der Waals surface area contributed by atoms with Crippen LogP contribution in [-0.4, -0.2) is 30.7 Å². The molecular formula is C17H24N2O2. The van der Waals surface area contributed by atoms with E-state index in [9.17, 15) is 4.79 Å². The lowest BCUT2D eigenvalue weighted by Crippen LogP contribution is -2.50. The highest BCUT2D eigenvalue weighted by molar-refractivity contribution is 5.97. The van der Waals surface area contributed by atoms with Crippen LogP contribution in [0.1, 0.15) is 26.3 Å². The van der Waals surface area contributed by atoms with Crippen molar-refractivity contribution in [3.63, 3.8) is 0 Å². The van der Waals surface area contributed by atoms with Gasteiger partial charge in [-0.2, -0.15) is 0 Å². The van der Waals surface area contributed by atoms with Gasteiger partial charge in [-0.1, -0.05) is 25.1 Å². The van der Waals surface area contributed by atoms with Crippen molar-refractivity contribution in [1.82, 2.24) is 0 Å². The summed E-state index contributed by atoms with van der Waals surface area (Å²) in [6.07, 6.45) is 0.929. The third kappa shape index (κ3) is 2.47. The fraction of sp³-hybridized carbons (Fsp3) is 0.588. The fourth-order valence-electron chi connectivity index (χ4n) is 3.71. The minimum atomic E-state index is -0.0849. The number of rotatable bonds is 1. The Kier molecular flexibility index (Phi) is 3.76. The molecule has 3 rings (SSSR count). The van der Waals surface area contributed by atoms with Crippen LogP contribution in [0.2, 0.25) is 0 Å². The first-order valence-corrected chi connectivity index (χ1v) is 7.79. The summed E-state index contributed by atoms with van der Waals surface area (Å²) in [5, 5.41) is 0. The number of para-hydroxylation sites is 1. The van der Waals surface area contributed by atoms with Crippen LogP contribution in [0.15, 0.2) is 24.3 Å². The van der Waals surface area contributed by atoms with Crippen LogP contribution in [0.3, 0.4) is 0 Å². The molecule has 0 aromatic heterocycles. The molecule has 1 fully saturated rings. The predicted molar refractivity (Wildman–Crippen MR) is 83.1 cm³/mol. The molecule has 2 heterocycles. The molecule has 1 saturated heterocycles. The SMILES string of the molecule is CC1OC(C)C(C(=O)N2CC(N)Cc3ccccc32)C1C. The summed E-state index contributed by atoms with van der Waals surface area (Å²) in [5.74, 6) is 0.304. The zero-order chi connectivity index (χ0) is 15.1. The number of carbonyl (C=O) groups is 1. The number of carbonyl (C=O) groups excluding carboxylic acids is 1. The van der Waals surface area contributed by atoms with Crippen LogP contribution in [0.4, 0.5) is 5.69 Å². The third-order valence-electron chi connectivity index (χ3n) is 4.97. The second kappa shape index (κ2) is 5.43. The Bertz CT molecular complexity index is 545. The zero-order valence-electron chi connectivity index (χ0n) is 13.0. The molecule has 5 unspecified atom stereocenters. The minimum absolute atomic E-state index is 0.00853. The lowest BCUT2D eigenvalue weighted by atomic mass is 9.87. The van der Waals surface area contributed by atoms with Crippen LogP contribution in [-0.2, 0) is 16.0 Å². The van der Waals surface area contributed by atoms with Gasteiger partial charge in [-0.25, -0.2) is 0 Å². The molecule has 0 spiro atoms. The second-order valence-electron chi connectivity index (χ2n) is 6.47. The molecule has 2 N–H and O–H groups in total. The lowest BCUT2D eigenvalue weighted by Gasteiger charge is -2.35. The van der Waals surface area contributed by atoms with E-state index in [-0.39, 0.29) is 36.0 Å². The van der Waals surface area contributed by atoms with Gasteiger partial charge in [0, 0.05) is 18.3 Å². The molecule has 1 aromatic rings. The Morgan fingerprint density at radius 2 is 1.95 bits per heavy atom. The summed E-state index contributed by atoms with van der Waals surface area (Å²) in [6, 6.07) is 8.08. The number of hydrogen-bond donors (Lipinski definition) is 1. The van der Waals surface area contributed by atoms with Crippen molar-refractivity contribution in [3.05, 3.63) is 29.8 Å². The van der Waals surface area contributed by atoms with E-state index in [2.05, 4.69) is 13.0 Å². The van der Waals surface area contributed by atoms with E-state index in [1.807, 2.05) is 36.9 Å². The number of fused-ring (bicyclic) bond motifs is 1. The first kappa shape index (κ1) is 14.5. The van der Waals surface area contributed by atoms with Crippen LogP contribution in [0, 0.1) is 11.8 Å². The highest BCUT2D eigenvalue weighted by Gasteiger charge is 2.44. The van der Waals surface area contributed by atoms with Crippen molar-refractivity contribution in [2.75, 3.05) is 11.4 Å². The molecule has 2 aliphatic heterocycles. The maximum atomic E-state index is 13.1. The molecule has 5 atom stereocenters. The molecule has 114 valence electrons. The highest BCUT2D eigenvalue weighted by atomic mass is 16.5. The molecule has 21 heavy (non-hydrogen) atoms. The van der Waals surface area contributed by atoms with Crippen LogP contribution >= 0.6 is 0 Å². The predicted octanol–water partition coefficient (Wildman–Crippen LogP) is 1.96. The van der Waals surface area contributed by atoms with Crippen molar-refractivity contribution in [2.24, 2.45) is 17.6 Å². The highest BCUT2D eigenvalue weighted by Crippen LogP contribution is 2.36. The summed E-state index contributed by atoms with van der Waals surface area (Å²) >= 11 is 0. The Morgan fingerprint density at radius 1 is 1.24 bits per heavy atom. The summed E-state index contributed by atoms with van der Waals surface area (Å²) in [7, 11) is 0. The van der Waals surface area contributed by atoms with E-state index < -0.39 is 0 Å². The van der Waals surface area contributed by atoms with Gasteiger partial charge in [0.2, 0.25) is 5.91 Å². The van der Waals surface area contributed by atoms with Crippen LogP contribution in [0.5, 0.6) is 0 Å². The van der Waals surface area contributed by atoms with Crippen molar-refractivity contribution >= 4 is 11.6 Å². The van der Waals surface area contributed by atoms with E-state index >= 15 is 0 Å². The molecule has 1 amide bonds. The van der Waals surface area contributed by atoms with Gasteiger partial charge in [-0.15, -0.1) is 0 Å². The molecule has 1 aromatic carbocycles. The summed E-state index contributed by atoms with van der Waals surface area (Å²) in [6.45, 7) is 6.75. The van der Waals surface area contributed by atoms with E-state index in [4.69, 9.17) is 10.5 Å². The Morgan fingerprint density at radius 3 is 2.62 bits per heavy atom. The van der Waals surface area contributed by atoms with E-state index in [1.54, 1.807) is 0 Å². The smallest absolute Gasteiger partial charge is 0.233 e.